The molecule has 0 aromatic carbocycles. The van der Waals surface area contributed by atoms with Crippen LogP contribution in [0.25, 0.3) is 0 Å². The molecule has 0 aromatic heterocycles. The van der Waals surface area contributed by atoms with Crippen LogP contribution in [0.3, 0.4) is 0 Å². The van der Waals surface area contributed by atoms with Gasteiger partial charge in [0.25, 0.3) is 0 Å². The molecule has 2 N–H and O–H groups in total. The Morgan fingerprint density at radius 3 is 3.00 bits per heavy atom. The highest BCUT2D eigenvalue weighted by molar-refractivity contribution is 5.77. The molecule has 1 aliphatic heterocycles. The number of nitrogens with one attached hydrogen (secondary N) is 2. The van der Waals surface area contributed by atoms with Gasteiger partial charge in [-0.2, -0.15) is 0 Å². The Labute approximate surface area is 123 Å². The molecule has 20 heavy (non-hydrogen) atoms. The van der Waals surface area contributed by atoms with Gasteiger partial charge in [-0.15, -0.1) is 0 Å². The van der Waals surface area contributed by atoms with Crippen LogP contribution < -0.4 is 10.6 Å². The van der Waals surface area contributed by atoms with Crippen LogP contribution in [-0.2, 0) is 9.53 Å². The van der Waals surface area contributed by atoms with E-state index in [-0.39, 0.29) is 5.91 Å². The summed E-state index contributed by atoms with van der Waals surface area (Å²) in [5, 5.41) is 6.41. The third-order valence-electron chi connectivity index (χ3n) is 3.67. The second-order valence-corrected chi connectivity index (χ2v) is 5.64. The molecule has 1 heterocycles. The van der Waals surface area contributed by atoms with Gasteiger partial charge < -0.3 is 15.4 Å². The number of nitrogens with zero attached hydrogens (tertiary/aromatic N) is 1. The molecular weight excluding hydrogens is 254 g/mol. The van der Waals surface area contributed by atoms with E-state index in [4.69, 9.17) is 4.74 Å². The zero-order valence-electron chi connectivity index (χ0n) is 13.1. The lowest BCUT2D eigenvalue weighted by molar-refractivity contribution is -0.122. The van der Waals surface area contributed by atoms with Crippen LogP contribution in [0.4, 0.5) is 0 Å². The van der Waals surface area contributed by atoms with Crippen molar-refractivity contribution in [1.82, 2.24) is 15.5 Å². The number of carbonyl (C=O) groups excluding carboxylic acids is 1. The number of methoxy groups -OCH3 is 1. The number of carbonyl (C=O) groups is 1. The third-order valence-corrected chi connectivity index (χ3v) is 3.67. The van der Waals surface area contributed by atoms with Gasteiger partial charge in [0.2, 0.25) is 5.91 Å². The van der Waals surface area contributed by atoms with Crippen molar-refractivity contribution in [3.8, 4) is 0 Å². The zero-order chi connectivity index (χ0) is 14.6. The van der Waals surface area contributed by atoms with Gasteiger partial charge in [-0.3, -0.25) is 9.69 Å². The Balaban J connectivity index is 2.24. The average molecular weight is 285 g/mol. The number of rotatable bonds is 10. The largest absolute Gasteiger partial charge is 0.385 e. The van der Waals surface area contributed by atoms with E-state index < -0.39 is 0 Å². The summed E-state index contributed by atoms with van der Waals surface area (Å²) in [7, 11) is 1.68. The van der Waals surface area contributed by atoms with Crippen molar-refractivity contribution in [2.75, 3.05) is 53.0 Å². The lowest BCUT2D eigenvalue weighted by Crippen LogP contribution is -2.43. The van der Waals surface area contributed by atoms with E-state index in [0.717, 1.165) is 39.0 Å². The minimum absolute atomic E-state index is 0.137. The lowest BCUT2D eigenvalue weighted by Gasteiger charge is -2.29. The maximum Gasteiger partial charge on any atom is 0.234 e. The van der Waals surface area contributed by atoms with Crippen molar-refractivity contribution >= 4 is 5.91 Å². The van der Waals surface area contributed by atoms with E-state index in [1.54, 1.807) is 7.11 Å². The molecule has 5 nitrogen and oxygen atoms in total. The first-order valence-corrected chi connectivity index (χ1v) is 7.95. The van der Waals surface area contributed by atoms with Crippen LogP contribution in [-0.4, -0.2) is 63.8 Å². The standard InChI is InChI=1S/C15H31N3O2/c1-3-9-18(12-14-6-4-7-16-11-14)13-15(19)17-8-5-10-20-2/h14,16H,3-13H2,1-2H3,(H,17,19). The van der Waals surface area contributed by atoms with E-state index in [0.29, 0.717) is 25.6 Å². The highest BCUT2D eigenvalue weighted by Gasteiger charge is 2.18. The second kappa shape index (κ2) is 11.1. The fourth-order valence-corrected chi connectivity index (χ4v) is 2.70. The maximum atomic E-state index is 11.9. The molecule has 1 saturated heterocycles. The molecule has 0 aliphatic carbocycles. The van der Waals surface area contributed by atoms with Gasteiger partial charge >= 0.3 is 0 Å². The molecule has 0 saturated carbocycles. The third kappa shape index (κ3) is 7.82. The Morgan fingerprint density at radius 1 is 1.50 bits per heavy atom. The van der Waals surface area contributed by atoms with Gasteiger partial charge in [0.1, 0.15) is 0 Å². The highest BCUT2D eigenvalue weighted by atomic mass is 16.5. The van der Waals surface area contributed by atoms with E-state index >= 15 is 0 Å². The Hall–Kier alpha value is -0.650. The molecule has 1 rings (SSSR count). The topological polar surface area (TPSA) is 53.6 Å². The van der Waals surface area contributed by atoms with Gasteiger partial charge in [0, 0.05) is 26.8 Å². The molecule has 0 spiro atoms. The molecule has 1 unspecified atom stereocenters. The smallest absolute Gasteiger partial charge is 0.234 e. The Kier molecular flexibility index (Phi) is 9.62. The molecule has 5 heteroatoms. The summed E-state index contributed by atoms with van der Waals surface area (Å²) in [6.45, 7) is 8.37. The summed E-state index contributed by atoms with van der Waals surface area (Å²) in [4.78, 5) is 14.2. The van der Waals surface area contributed by atoms with Gasteiger partial charge in [-0.25, -0.2) is 0 Å². The first-order valence-electron chi connectivity index (χ1n) is 7.95. The van der Waals surface area contributed by atoms with Crippen molar-refractivity contribution in [2.24, 2.45) is 5.92 Å². The summed E-state index contributed by atoms with van der Waals surface area (Å²) >= 11 is 0. The van der Waals surface area contributed by atoms with Crippen molar-refractivity contribution in [3.63, 3.8) is 0 Å². The fourth-order valence-electron chi connectivity index (χ4n) is 2.70. The SMILES string of the molecule is CCCN(CC(=O)NCCCOC)CC1CCCNC1. The molecule has 118 valence electrons. The summed E-state index contributed by atoms with van der Waals surface area (Å²) in [6, 6.07) is 0. The van der Waals surface area contributed by atoms with E-state index in [9.17, 15) is 4.79 Å². The molecule has 1 atom stereocenters. The summed E-state index contributed by atoms with van der Waals surface area (Å²) in [5.41, 5.74) is 0. The number of ether oxygens (including phenoxy) is 1. The second-order valence-electron chi connectivity index (χ2n) is 5.64. The average Bonchev–Trinajstić information content (AvgIpc) is 2.45. The number of piperidine rings is 1. The van der Waals surface area contributed by atoms with Crippen molar-refractivity contribution in [2.45, 2.75) is 32.6 Å². The van der Waals surface area contributed by atoms with Crippen molar-refractivity contribution in [1.29, 1.82) is 0 Å². The van der Waals surface area contributed by atoms with Gasteiger partial charge in [-0.05, 0) is 51.2 Å². The van der Waals surface area contributed by atoms with Crippen LogP contribution in [0.2, 0.25) is 0 Å². The number of amides is 1. The van der Waals surface area contributed by atoms with Crippen LogP contribution >= 0.6 is 0 Å². The summed E-state index contributed by atoms with van der Waals surface area (Å²) < 4.78 is 4.98. The molecule has 0 radical (unpaired) electrons. The lowest BCUT2D eigenvalue weighted by atomic mass is 9.99. The van der Waals surface area contributed by atoms with E-state index in [2.05, 4.69) is 22.5 Å². The Bertz CT molecular complexity index is 256. The maximum absolute atomic E-state index is 11.9. The minimum Gasteiger partial charge on any atom is -0.385 e. The van der Waals surface area contributed by atoms with E-state index in [1.165, 1.54) is 12.8 Å². The first-order chi connectivity index (χ1) is 9.76. The molecule has 0 aromatic rings. The first kappa shape index (κ1) is 17.4. The van der Waals surface area contributed by atoms with Crippen molar-refractivity contribution in [3.05, 3.63) is 0 Å². The predicted molar refractivity (Wildman–Crippen MR) is 81.8 cm³/mol. The summed E-state index contributed by atoms with van der Waals surface area (Å²) in [6.07, 6.45) is 4.51. The normalized spacial score (nSPS) is 19.2. The minimum atomic E-state index is 0.137. The number of hydrogen-bond acceptors (Lipinski definition) is 4. The van der Waals surface area contributed by atoms with Crippen LogP contribution in [0, 0.1) is 5.92 Å². The summed E-state index contributed by atoms with van der Waals surface area (Å²) in [5.74, 6) is 0.829. The number of hydrogen-bond donors (Lipinski definition) is 2. The van der Waals surface area contributed by atoms with Gasteiger partial charge in [0.05, 0.1) is 6.54 Å². The van der Waals surface area contributed by atoms with Gasteiger partial charge in [0.15, 0.2) is 0 Å². The van der Waals surface area contributed by atoms with Crippen LogP contribution in [0.15, 0.2) is 0 Å². The predicted octanol–water partition coefficient (Wildman–Crippen LogP) is 0.851. The highest BCUT2D eigenvalue weighted by Crippen LogP contribution is 2.11. The van der Waals surface area contributed by atoms with Crippen molar-refractivity contribution < 1.29 is 9.53 Å². The molecular formula is C15H31N3O2. The quantitative estimate of drug-likeness (QED) is 0.584. The molecule has 1 fully saturated rings. The molecule has 1 amide bonds. The van der Waals surface area contributed by atoms with Crippen LogP contribution in [0.5, 0.6) is 0 Å². The Morgan fingerprint density at radius 2 is 2.35 bits per heavy atom. The van der Waals surface area contributed by atoms with E-state index in [1.807, 2.05) is 0 Å². The fraction of sp³-hybridized carbons (Fsp3) is 0.933. The van der Waals surface area contributed by atoms with Gasteiger partial charge in [-0.1, -0.05) is 6.92 Å². The van der Waals surface area contributed by atoms with Crippen LogP contribution in [0.1, 0.15) is 32.6 Å². The molecule has 1 aliphatic rings. The zero-order valence-corrected chi connectivity index (χ0v) is 13.1. The monoisotopic (exact) mass is 285 g/mol. The molecule has 0 bridgehead atoms.